The van der Waals surface area contributed by atoms with Crippen molar-refractivity contribution >= 4 is 5.82 Å². The van der Waals surface area contributed by atoms with E-state index in [1.807, 2.05) is 0 Å². The Morgan fingerprint density at radius 2 is 2.25 bits per heavy atom. The van der Waals surface area contributed by atoms with Crippen molar-refractivity contribution in [1.82, 2.24) is 10.3 Å². The first-order valence-electron chi connectivity index (χ1n) is 5.57. The standard InChI is InChI=1S/C12H16N4/c1-12(4-7-14-8-5-12)16-11-10(9-13)3-2-6-15-11/h2-3,6,14H,4-5,7-8H2,1H3,(H,15,16). The largest absolute Gasteiger partial charge is 0.364 e. The first kappa shape index (κ1) is 10.9. The van der Waals surface area contributed by atoms with E-state index in [9.17, 15) is 0 Å². The van der Waals surface area contributed by atoms with Gasteiger partial charge in [-0.25, -0.2) is 4.98 Å². The van der Waals surface area contributed by atoms with Crippen LogP contribution in [-0.4, -0.2) is 23.6 Å². The highest BCUT2D eigenvalue weighted by Crippen LogP contribution is 2.24. The van der Waals surface area contributed by atoms with E-state index in [-0.39, 0.29) is 5.54 Å². The quantitative estimate of drug-likeness (QED) is 0.786. The molecule has 1 fully saturated rings. The zero-order chi connectivity index (χ0) is 11.4. The van der Waals surface area contributed by atoms with Crippen LogP contribution < -0.4 is 10.6 Å². The van der Waals surface area contributed by atoms with Crippen molar-refractivity contribution in [3.63, 3.8) is 0 Å². The van der Waals surface area contributed by atoms with E-state index in [1.165, 1.54) is 0 Å². The molecule has 2 N–H and O–H groups in total. The maximum Gasteiger partial charge on any atom is 0.144 e. The van der Waals surface area contributed by atoms with Crippen molar-refractivity contribution < 1.29 is 0 Å². The molecule has 1 aliphatic heterocycles. The third kappa shape index (κ3) is 2.31. The van der Waals surface area contributed by atoms with Gasteiger partial charge in [0.15, 0.2) is 0 Å². The molecule has 0 atom stereocenters. The highest BCUT2D eigenvalue weighted by molar-refractivity contribution is 5.52. The molecule has 0 saturated carbocycles. The molecule has 1 aromatic heterocycles. The molecule has 1 aliphatic rings. The van der Waals surface area contributed by atoms with E-state index in [4.69, 9.17) is 5.26 Å². The van der Waals surface area contributed by atoms with Gasteiger partial charge in [0, 0.05) is 11.7 Å². The molecule has 4 nitrogen and oxygen atoms in total. The van der Waals surface area contributed by atoms with Gasteiger partial charge >= 0.3 is 0 Å². The maximum absolute atomic E-state index is 8.99. The number of hydrogen-bond acceptors (Lipinski definition) is 4. The minimum Gasteiger partial charge on any atom is -0.364 e. The van der Waals surface area contributed by atoms with Crippen LogP contribution in [0.3, 0.4) is 0 Å². The van der Waals surface area contributed by atoms with Crippen LogP contribution in [0.25, 0.3) is 0 Å². The molecule has 0 unspecified atom stereocenters. The number of rotatable bonds is 2. The lowest BCUT2D eigenvalue weighted by atomic mass is 9.90. The van der Waals surface area contributed by atoms with Gasteiger partial charge in [-0.15, -0.1) is 0 Å². The lowest BCUT2D eigenvalue weighted by molar-refractivity contribution is 0.364. The summed E-state index contributed by atoms with van der Waals surface area (Å²) in [6.07, 6.45) is 3.82. The van der Waals surface area contributed by atoms with Crippen LogP contribution in [0.5, 0.6) is 0 Å². The summed E-state index contributed by atoms with van der Waals surface area (Å²) in [5, 5.41) is 15.7. The lowest BCUT2D eigenvalue weighted by Crippen LogP contribution is -2.45. The highest BCUT2D eigenvalue weighted by Gasteiger charge is 2.27. The predicted octanol–water partition coefficient (Wildman–Crippen LogP) is 1.51. The van der Waals surface area contributed by atoms with Crippen molar-refractivity contribution in [2.45, 2.75) is 25.3 Å². The van der Waals surface area contributed by atoms with E-state index in [1.54, 1.807) is 18.3 Å². The summed E-state index contributed by atoms with van der Waals surface area (Å²) in [5.41, 5.74) is 0.660. The van der Waals surface area contributed by atoms with E-state index in [0.717, 1.165) is 25.9 Å². The van der Waals surface area contributed by atoms with Gasteiger partial charge in [0.2, 0.25) is 0 Å². The Balaban J connectivity index is 2.16. The Kier molecular flexibility index (Phi) is 3.07. The first-order valence-corrected chi connectivity index (χ1v) is 5.57. The Hall–Kier alpha value is -1.60. The van der Waals surface area contributed by atoms with Crippen LogP contribution in [0, 0.1) is 11.3 Å². The molecule has 16 heavy (non-hydrogen) atoms. The zero-order valence-electron chi connectivity index (χ0n) is 9.45. The SMILES string of the molecule is CC1(Nc2ncccc2C#N)CCNCC1. The summed E-state index contributed by atoms with van der Waals surface area (Å²) in [6, 6.07) is 5.74. The van der Waals surface area contributed by atoms with Crippen molar-refractivity contribution in [2.24, 2.45) is 0 Å². The highest BCUT2D eigenvalue weighted by atomic mass is 15.1. The molecule has 0 amide bonds. The minimum atomic E-state index is 0.0468. The fourth-order valence-corrected chi connectivity index (χ4v) is 1.98. The third-order valence-corrected chi connectivity index (χ3v) is 3.06. The number of nitrogens with one attached hydrogen (secondary N) is 2. The average molecular weight is 216 g/mol. The molecule has 84 valence electrons. The zero-order valence-corrected chi connectivity index (χ0v) is 9.45. The molecule has 0 radical (unpaired) electrons. The number of nitrogens with zero attached hydrogens (tertiary/aromatic N) is 2. The Morgan fingerprint density at radius 1 is 1.50 bits per heavy atom. The molecule has 2 rings (SSSR count). The van der Waals surface area contributed by atoms with Gasteiger partial charge in [-0.05, 0) is 45.0 Å². The first-order chi connectivity index (χ1) is 7.73. The van der Waals surface area contributed by atoms with Gasteiger partial charge in [-0.1, -0.05) is 0 Å². The topological polar surface area (TPSA) is 60.7 Å². The van der Waals surface area contributed by atoms with E-state index >= 15 is 0 Å². The van der Waals surface area contributed by atoms with Gasteiger partial charge < -0.3 is 10.6 Å². The molecule has 4 heteroatoms. The normalized spacial score (nSPS) is 18.8. The lowest BCUT2D eigenvalue weighted by Gasteiger charge is -2.35. The monoisotopic (exact) mass is 216 g/mol. The Labute approximate surface area is 95.7 Å². The van der Waals surface area contributed by atoms with Crippen LogP contribution in [0.4, 0.5) is 5.82 Å². The van der Waals surface area contributed by atoms with Crippen LogP contribution in [0.1, 0.15) is 25.3 Å². The van der Waals surface area contributed by atoms with Crippen molar-refractivity contribution in [3.05, 3.63) is 23.9 Å². The number of anilines is 1. The van der Waals surface area contributed by atoms with Crippen molar-refractivity contribution in [1.29, 1.82) is 5.26 Å². The fraction of sp³-hybridized carbons (Fsp3) is 0.500. The van der Waals surface area contributed by atoms with Crippen LogP contribution in [0.15, 0.2) is 18.3 Å². The second-order valence-corrected chi connectivity index (χ2v) is 4.45. The van der Waals surface area contributed by atoms with Crippen LogP contribution >= 0.6 is 0 Å². The summed E-state index contributed by atoms with van der Waals surface area (Å²) in [6.45, 7) is 4.21. The molecular weight excluding hydrogens is 200 g/mol. The van der Waals surface area contributed by atoms with Crippen LogP contribution in [-0.2, 0) is 0 Å². The van der Waals surface area contributed by atoms with E-state index < -0.39 is 0 Å². The molecule has 0 aliphatic carbocycles. The van der Waals surface area contributed by atoms with Crippen molar-refractivity contribution in [2.75, 3.05) is 18.4 Å². The molecule has 0 spiro atoms. The van der Waals surface area contributed by atoms with E-state index in [2.05, 4.69) is 28.6 Å². The Morgan fingerprint density at radius 3 is 2.94 bits per heavy atom. The van der Waals surface area contributed by atoms with Gasteiger partial charge in [-0.2, -0.15) is 5.26 Å². The number of pyridine rings is 1. The van der Waals surface area contributed by atoms with Crippen molar-refractivity contribution in [3.8, 4) is 6.07 Å². The number of aromatic nitrogens is 1. The fourth-order valence-electron chi connectivity index (χ4n) is 1.98. The number of nitriles is 1. The molecule has 1 saturated heterocycles. The van der Waals surface area contributed by atoms with Gasteiger partial charge in [-0.3, -0.25) is 0 Å². The van der Waals surface area contributed by atoms with Gasteiger partial charge in [0.1, 0.15) is 11.9 Å². The van der Waals surface area contributed by atoms with Gasteiger partial charge in [0.05, 0.1) is 5.56 Å². The molecular formula is C12H16N4. The molecule has 1 aromatic rings. The number of hydrogen-bond donors (Lipinski definition) is 2. The third-order valence-electron chi connectivity index (χ3n) is 3.06. The Bertz CT molecular complexity index is 402. The number of piperidine rings is 1. The second-order valence-electron chi connectivity index (χ2n) is 4.45. The molecule has 2 heterocycles. The minimum absolute atomic E-state index is 0.0468. The summed E-state index contributed by atoms with van der Waals surface area (Å²) < 4.78 is 0. The second kappa shape index (κ2) is 4.50. The predicted molar refractivity (Wildman–Crippen MR) is 63.1 cm³/mol. The maximum atomic E-state index is 8.99. The smallest absolute Gasteiger partial charge is 0.144 e. The summed E-state index contributed by atoms with van der Waals surface area (Å²) in [5.74, 6) is 0.703. The summed E-state index contributed by atoms with van der Waals surface area (Å²) in [7, 11) is 0. The average Bonchev–Trinajstić information content (AvgIpc) is 2.30. The molecule has 0 aromatic carbocycles. The molecule has 0 bridgehead atoms. The summed E-state index contributed by atoms with van der Waals surface area (Å²) in [4.78, 5) is 4.23. The summed E-state index contributed by atoms with van der Waals surface area (Å²) >= 11 is 0. The van der Waals surface area contributed by atoms with Crippen LogP contribution in [0.2, 0.25) is 0 Å². The van der Waals surface area contributed by atoms with Gasteiger partial charge in [0.25, 0.3) is 0 Å². The van der Waals surface area contributed by atoms with E-state index in [0.29, 0.717) is 11.4 Å².